The summed E-state index contributed by atoms with van der Waals surface area (Å²) in [5.74, 6) is -1.22. The van der Waals surface area contributed by atoms with E-state index >= 15 is 0 Å². The fourth-order valence-electron chi connectivity index (χ4n) is 2.05. The molecule has 1 atom stereocenters. The first-order chi connectivity index (χ1) is 9.99. The molecule has 0 fully saturated rings. The number of nitrogens with one attached hydrogen (secondary N) is 1. The van der Waals surface area contributed by atoms with Gasteiger partial charge in [-0.25, -0.2) is 8.78 Å². The average molecular weight is 300 g/mol. The minimum absolute atomic E-state index is 0.0268. The second-order valence-corrected chi connectivity index (χ2v) is 4.70. The van der Waals surface area contributed by atoms with Crippen LogP contribution >= 0.6 is 0 Å². The molecular weight excluding hydrogens is 278 g/mol. The average Bonchev–Trinajstić information content (AvgIpc) is 2.47. The molecule has 1 aromatic rings. The van der Waals surface area contributed by atoms with Crippen LogP contribution in [0.3, 0.4) is 0 Å². The van der Waals surface area contributed by atoms with Gasteiger partial charge in [0.15, 0.2) is 0 Å². The first-order valence-electron chi connectivity index (χ1n) is 7.11. The summed E-state index contributed by atoms with van der Waals surface area (Å²) in [6.07, 6.45) is -0.843. The molecule has 6 heteroatoms. The third kappa shape index (κ3) is 5.40. The monoisotopic (exact) mass is 300 g/mol. The number of aliphatic hydroxyl groups is 1. The summed E-state index contributed by atoms with van der Waals surface area (Å²) in [4.78, 5) is 13.4. The Morgan fingerprint density at radius 3 is 2.62 bits per heavy atom. The third-order valence-corrected chi connectivity index (χ3v) is 3.29. The van der Waals surface area contributed by atoms with E-state index in [0.717, 1.165) is 18.2 Å². The first-order valence-corrected chi connectivity index (χ1v) is 7.11. The fourth-order valence-corrected chi connectivity index (χ4v) is 2.05. The topological polar surface area (TPSA) is 52.6 Å². The predicted octanol–water partition coefficient (Wildman–Crippen LogP) is 1.85. The molecule has 0 bridgehead atoms. The Morgan fingerprint density at radius 2 is 2.00 bits per heavy atom. The van der Waals surface area contributed by atoms with E-state index in [1.165, 1.54) is 0 Å². The van der Waals surface area contributed by atoms with E-state index in [0.29, 0.717) is 26.1 Å². The van der Waals surface area contributed by atoms with Crippen LogP contribution in [0.15, 0.2) is 18.2 Å². The maximum Gasteiger partial charge on any atom is 0.223 e. The number of nitrogens with zero attached hydrogens (tertiary/aromatic N) is 1. The third-order valence-electron chi connectivity index (χ3n) is 3.29. The van der Waals surface area contributed by atoms with Gasteiger partial charge >= 0.3 is 0 Å². The van der Waals surface area contributed by atoms with Crippen molar-refractivity contribution < 1.29 is 18.7 Å². The minimum Gasteiger partial charge on any atom is -0.387 e. The van der Waals surface area contributed by atoms with E-state index in [1.54, 1.807) is 4.90 Å². The van der Waals surface area contributed by atoms with Gasteiger partial charge in [0, 0.05) is 38.2 Å². The molecule has 0 saturated carbocycles. The van der Waals surface area contributed by atoms with Gasteiger partial charge in [-0.1, -0.05) is 0 Å². The Bertz CT molecular complexity index is 465. The highest BCUT2D eigenvalue weighted by atomic mass is 19.1. The molecule has 118 valence electrons. The molecule has 0 radical (unpaired) electrons. The van der Waals surface area contributed by atoms with E-state index in [9.17, 15) is 18.7 Å². The summed E-state index contributed by atoms with van der Waals surface area (Å²) in [6, 6.07) is 2.96. The van der Waals surface area contributed by atoms with Gasteiger partial charge in [-0.3, -0.25) is 4.79 Å². The largest absolute Gasteiger partial charge is 0.387 e. The van der Waals surface area contributed by atoms with Crippen molar-refractivity contribution in [2.24, 2.45) is 0 Å². The highest BCUT2D eigenvalue weighted by molar-refractivity contribution is 5.76. The molecule has 0 aliphatic carbocycles. The van der Waals surface area contributed by atoms with E-state index in [-0.39, 0.29) is 18.0 Å². The van der Waals surface area contributed by atoms with Crippen molar-refractivity contribution in [2.45, 2.75) is 26.4 Å². The van der Waals surface area contributed by atoms with E-state index < -0.39 is 17.7 Å². The zero-order chi connectivity index (χ0) is 15.8. The molecule has 1 amide bonds. The zero-order valence-corrected chi connectivity index (χ0v) is 12.4. The Morgan fingerprint density at radius 1 is 1.33 bits per heavy atom. The Hall–Kier alpha value is -1.53. The zero-order valence-electron chi connectivity index (χ0n) is 12.4. The maximum absolute atomic E-state index is 13.4. The van der Waals surface area contributed by atoms with Crippen LogP contribution in [0.1, 0.15) is 31.9 Å². The summed E-state index contributed by atoms with van der Waals surface area (Å²) < 4.78 is 26.5. The van der Waals surface area contributed by atoms with E-state index in [1.807, 2.05) is 13.8 Å². The number of benzene rings is 1. The van der Waals surface area contributed by atoms with Crippen LogP contribution in [-0.2, 0) is 4.79 Å². The van der Waals surface area contributed by atoms with Gasteiger partial charge < -0.3 is 15.3 Å². The first kappa shape index (κ1) is 17.5. The summed E-state index contributed by atoms with van der Waals surface area (Å²) in [6.45, 7) is 5.57. The van der Waals surface area contributed by atoms with Crippen LogP contribution < -0.4 is 5.32 Å². The predicted molar refractivity (Wildman–Crippen MR) is 76.7 cm³/mol. The van der Waals surface area contributed by atoms with Crippen molar-refractivity contribution in [1.29, 1.82) is 0 Å². The van der Waals surface area contributed by atoms with Crippen LogP contribution in [0, 0.1) is 11.6 Å². The second kappa shape index (κ2) is 8.69. The number of rotatable bonds is 8. The van der Waals surface area contributed by atoms with Crippen LogP contribution in [0.4, 0.5) is 8.78 Å². The number of halogens is 2. The maximum atomic E-state index is 13.4. The lowest BCUT2D eigenvalue weighted by Gasteiger charge is -2.19. The van der Waals surface area contributed by atoms with Crippen molar-refractivity contribution in [2.75, 3.05) is 26.2 Å². The Kier molecular flexibility index (Phi) is 7.25. The molecule has 1 unspecified atom stereocenters. The molecule has 0 aliphatic rings. The van der Waals surface area contributed by atoms with Gasteiger partial charge in [0.2, 0.25) is 5.91 Å². The summed E-state index contributed by atoms with van der Waals surface area (Å²) in [5.41, 5.74) is -0.0856. The standard InChI is InChI=1S/C15H22F2N2O2/c1-3-19(4-2)15(21)7-8-18-10-14(20)12-9-11(16)5-6-13(12)17/h5-6,9,14,18,20H,3-4,7-8,10H2,1-2H3. The lowest BCUT2D eigenvalue weighted by atomic mass is 10.1. The highest BCUT2D eigenvalue weighted by Crippen LogP contribution is 2.17. The Balaban J connectivity index is 2.39. The lowest BCUT2D eigenvalue weighted by Crippen LogP contribution is -2.33. The molecule has 1 rings (SSSR count). The lowest BCUT2D eigenvalue weighted by molar-refractivity contribution is -0.130. The number of amides is 1. The number of hydrogen-bond donors (Lipinski definition) is 2. The summed E-state index contributed by atoms with van der Waals surface area (Å²) in [7, 11) is 0. The molecule has 2 N–H and O–H groups in total. The van der Waals surface area contributed by atoms with Crippen molar-refractivity contribution >= 4 is 5.91 Å². The minimum atomic E-state index is -1.15. The van der Waals surface area contributed by atoms with Gasteiger partial charge in [-0.2, -0.15) is 0 Å². The van der Waals surface area contributed by atoms with Crippen molar-refractivity contribution in [3.8, 4) is 0 Å². The van der Waals surface area contributed by atoms with Crippen LogP contribution in [0.2, 0.25) is 0 Å². The summed E-state index contributed by atoms with van der Waals surface area (Å²) in [5, 5.41) is 12.7. The van der Waals surface area contributed by atoms with Gasteiger partial charge in [0.25, 0.3) is 0 Å². The molecular formula is C15H22F2N2O2. The molecule has 0 saturated heterocycles. The van der Waals surface area contributed by atoms with Crippen LogP contribution in [0.5, 0.6) is 0 Å². The number of aliphatic hydroxyl groups excluding tert-OH is 1. The van der Waals surface area contributed by atoms with Gasteiger partial charge in [-0.05, 0) is 32.0 Å². The molecule has 0 heterocycles. The van der Waals surface area contributed by atoms with Crippen LogP contribution in [0.25, 0.3) is 0 Å². The number of hydrogen-bond acceptors (Lipinski definition) is 3. The highest BCUT2D eigenvalue weighted by Gasteiger charge is 2.14. The quantitative estimate of drug-likeness (QED) is 0.720. The molecule has 1 aromatic carbocycles. The normalized spacial score (nSPS) is 12.2. The van der Waals surface area contributed by atoms with Crippen molar-refractivity contribution in [3.05, 3.63) is 35.4 Å². The molecule has 4 nitrogen and oxygen atoms in total. The summed E-state index contributed by atoms with van der Waals surface area (Å²) >= 11 is 0. The van der Waals surface area contributed by atoms with Crippen molar-refractivity contribution in [3.63, 3.8) is 0 Å². The van der Waals surface area contributed by atoms with E-state index in [4.69, 9.17) is 0 Å². The SMILES string of the molecule is CCN(CC)C(=O)CCNCC(O)c1cc(F)ccc1F. The van der Waals surface area contributed by atoms with Crippen molar-refractivity contribution in [1.82, 2.24) is 10.2 Å². The molecule has 0 aromatic heterocycles. The fraction of sp³-hybridized carbons (Fsp3) is 0.533. The van der Waals surface area contributed by atoms with Gasteiger partial charge in [0.05, 0.1) is 6.10 Å². The number of carbonyl (C=O) groups is 1. The van der Waals surface area contributed by atoms with Gasteiger partial charge in [-0.15, -0.1) is 0 Å². The molecule has 21 heavy (non-hydrogen) atoms. The van der Waals surface area contributed by atoms with Gasteiger partial charge in [0.1, 0.15) is 11.6 Å². The molecule has 0 spiro atoms. The molecule has 0 aliphatic heterocycles. The van der Waals surface area contributed by atoms with Crippen LogP contribution in [-0.4, -0.2) is 42.1 Å². The van der Waals surface area contributed by atoms with E-state index in [2.05, 4.69) is 5.32 Å². The number of carbonyl (C=O) groups excluding carboxylic acids is 1. The Labute approximate surface area is 123 Å². The second-order valence-electron chi connectivity index (χ2n) is 4.70. The smallest absolute Gasteiger partial charge is 0.223 e.